The van der Waals surface area contributed by atoms with E-state index in [-0.39, 0.29) is 5.91 Å². The van der Waals surface area contributed by atoms with E-state index in [1.807, 2.05) is 47.3 Å². The summed E-state index contributed by atoms with van der Waals surface area (Å²) in [5.41, 5.74) is 6.28. The third-order valence-electron chi connectivity index (χ3n) is 4.49. The zero-order chi connectivity index (χ0) is 19.8. The summed E-state index contributed by atoms with van der Waals surface area (Å²) in [4.78, 5) is 14.6. The molecule has 0 spiro atoms. The molecule has 0 unspecified atom stereocenters. The van der Waals surface area contributed by atoms with Crippen LogP contribution >= 0.6 is 0 Å². The molecule has 28 heavy (non-hydrogen) atoms. The molecule has 1 heterocycles. The van der Waals surface area contributed by atoms with Gasteiger partial charge >= 0.3 is 0 Å². The highest BCUT2D eigenvalue weighted by atomic mass is 16.2. The van der Waals surface area contributed by atoms with E-state index in [1.165, 1.54) is 5.69 Å². The van der Waals surface area contributed by atoms with Crippen LogP contribution in [0.4, 0.5) is 5.69 Å². The van der Waals surface area contributed by atoms with Crippen molar-refractivity contribution in [3.05, 3.63) is 83.7 Å². The molecule has 0 aliphatic carbocycles. The predicted octanol–water partition coefficient (Wildman–Crippen LogP) is 3.54. The molecule has 0 aliphatic rings. The second kappa shape index (κ2) is 9.50. The zero-order valence-electron chi connectivity index (χ0n) is 16.2. The zero-order valence-corrected chi connectivity index (χ0v) is 16.2. The topological polar surface area (TPSA) is 62.5 Å². The molecule has 1 amide bonds. The second-order valence-electron chi connectivity index (χ2n) is 6.37. The molecule has 2 aromatic carbocycles. The van der Waals surface area contributed by atoms with Crippen LogP contribution in [0.15, 0.2) is 72.1 Å². The molecule has 6 heteroatoms. The summed E-state index contributed by atoms with van der Waals surface area (Å²) >= 11 is 0. The first-order valence-electron chi connectivity index (χ1n) is 9.44. The Morgan fingerprint density at radius 3 is 2.61 bits per heavy atom. The summed E-state index contributed by atoms with van der Waals surface area (Å²) in [6.07, 6.45) is 5.28. The van der Waals surface area contributed by atoms with E-state index in [2.05, 4.69) is 46.5 Å². The first-order chi connectivity index (χ1) is 13.7. The number of hydrazone groups is 1. The maximum absolute atomic E-state index is 12.4. The Bertz CT molecular complexity index is 912. The molecule has 0 aliphatic heterocycles. The third kappa shape index (κ3) is 5.07. The van der Waals surface area contributed by atoms with E-state index in [0.717, 1.165) is 24.2 Å². The smallest absolute Gasteiger partial charge is 0.271 e. The van der Waals surface area contributed by atoms with Gasteiger partial charge in [-0.25, -0.2) is 5.43 Å². The lowest BCUT2D eigenvalue weighted by atomic mass is 10.1. The summed E-state index contributed by atoms with van der Waals surface area (Å²) in [5.74, 6) is -0.238. The van der Waals surface area contributed by atoms with Crippen molar-refractivity contribution in [3.63, 3.8) is 0 Å². The molecule has 6 nitrogen and oxygen atoms in total. The van der Waals surface area contributed by atoms with Gasteiger partial charge in [-0.3, -0.25) is 9.48 Å². The Morgan fingerprint density at radius 1 is 1.14 bits per heavy atom. The average Bonchev–Trinajstić information content (AvgIpc) is 3.23. The predicted molar refractivity (Wildman–Crippen MR) is 113 cm³/mol. The largest absolute Gasteiger partial charge is 0.372 e. The normalized spacial score (nSPS) is 10.9. The summed E-state index contributed by atoms with van der Waals surface area (Å²) < 4.78 is 1.82. The number of nitrogens with zero attached hydrogens (tertiary/aromatic N) is 4. The number of amides is 1. The number of carbonyl (C=O) groups is 1. The maximum Gasteiger partial charge on any atom is 0.271 e. The summed E-state index contributed by atoms with van der Waals surface area (Å²) in [7, 11) is 0. The lowest BCUT2D eigenvalue weighted by Gasteiger charge is -2.20. The molecular formula is C22H25N5O. The van der Waals surface area contributed by atoms with Gasteiger partial charge in [0.1, 0.15) is 0 Å². The van der Waals surface area contributed by atoms with Gasteiger partial charge in [0.15, 0.2) is 0 Å². The van der Waals surface area contributed by atoms with E-state index in [9.17, 15) is 4.79 Å². The quantitative estimate of drug-likeness (QED) is 0.484. The van der Waals surface area contributed by atoms with Gasteiger partial charge in [-0.15, -0.1) is 0 Å². The van der Waals surface area contributed by atoms with Gasteiger partial charge in [-0.2, -0.15) is 10.2 Å². The van der Waals surface area contributed by atoms with Crippen LogP contribution in [0.5, 0.6) is 0 Å². The van der Waals surface area contributed by atoms with Crippen LogP contribution in [0.3, 0.4) is 0 Å². The molecule has 0 fully saturated rings. The number of hydrogen-bond donors (Lipinski definition) is 1. The van der Waals surface area contributed by atoms with Crippen molar-refractivity contribution in [2.45, 2.75) is 20.4 Å². The molecule has 3 rings (SSSR count). The van der Waals surface area contributed by atoms with Crippen LogP contribution in [0.25, 0.3) is 0 Å². The Morgan fingerprint density at radius 2 is 1.93 bits per heavy atom. The van der Waals surface area contributed by atoms with E-state index in [4.69, 9.17) is 0 Å². The van der Waals surface area contributed by atoms with Gasteiger partial charge in [0.25, 0.3) is 5.91 Å². The van der Waals surface area contributed by atoms with Crippen molar-refractivity contribution in [3.8, 4) is 0 Å². The highest BCUT2D eigenvalue weighted by molar-refractivity contribution is 5.95. The maximum atomic E-state index is 12.4. The highest BCUT2D eigenvalue weighted by Crippen LogP contribution is 2.14. The molecule has 3 aromatic rings. The van der Waals surface area contributed by atoms with Crippen LogP contribution < -0.4 is 10.3 Å². The standard InChI is InChI=1S/C22H25N5O/c1-3-26(4-2)21-11-9-18(10-12-21)16-23-25-22(28)20-8-5-7-19(15-20)17-27-14-6-13-24-27/h5-16H,3-4,17H2,1-2H3,(H,25,28)/b23-16+. The first kappa shape index (κ1) is 19.4. The van der Waals surface area contributed by atoms with Crippen molar-refractivity contribution >= 4 is 17.8 Å². The van der Waals surface area contributed by atoms with Crippen LogP contribution in [-0.2, 0) is 6.54 Å². The van der Waals surface area contributed by atoms with E-state index >= 15 is 0 Å². The summed E-state index contributed by atoms with van der Waals surface area (Å²) in [5, 5.41) is 8.27. The molecule has 0 atom stereocenters. The molecule has 0 bridgehead atoms. The minimum absolute atomic E-state index is 0.238. The van der Waals surface area contributed by atoms with Crippen molar-refractivity contribution < 1.29 is 4.79 Å². The number of rotatable bonds is 8. The molecule has 144 valence electrons. The van der Waals surface area contributed by atoms with Gasteiger partial charge in [0.05, 0.1) is 12.8 Å². The lowest BCUT2D eigenvalue weighted by Crippen LogP contribution is -2.21. The number of hydrogen-bond acceptors (Lipinski definition) is 4. The Balaban J connectivity index is 1.59. The van der Waals surface area contributed by atoms with Gasteiger partial charge in [-0.05, 0) is 55.3 Å². The first-order valence-corrected chi connectivity index (χ1v) is 9.44. The van der Waals surface area contributed by atoms with Crippen LogP contribution in [0.2, 0.25) is 0 Å². The molecule has 1 N–H and O–H groups in total. The Labute approximate surface area is 165 Å². The van der Waals surface area contributed by atoms with Gasteiger partial charge in [0, 0.05) is 36.7 Å². The number of benzene rings is 2. The van der Waals surface area contributed by atoms with E-state index in [1.54, 1.807) is 18.5 Å². The van der Waals surface area contributed by atoms with Crippen LogP contribution in [0, 0.1) is 0 Å². The number of aromatic nitrogens is 2. The number of nitrogens with one attached hydrogen (secondary N) is 1. The molecule has 0 saturated heterocycles. The monoisotopic (exact) mass is 375 g/mol. The number of anilines is 1. The SMILES string of the molecule is CCN(CC)c1ccc(/C=N/NC(=O)c2cccc(Cn3cccn3)c2)cc1. The van der Waals surface area contributed by atoms with Crippen molar-refractivity contribution in [2.75, 3.05) is 18.0 Å². The fourth-order valence-electron chi connectivity index (χ4n) is 2.98. The molecule has 0 radical (unpaired) electrons. The van der Waals surface area contributed by atoms with E-state index in [0.29, 0.717) is 12.1 Å². The second-order valence-corrected chi connectivity index (χ2v) is 6.37. The highest BCUT2D eigenvalue weighted by Gasteiger charge is 2.06. The molecule has 0 saturated carbocycles. The molecular weight excluding hydrogens is 350 g/mol. The van der Waals surface area contributed by atoms with Gasteiger partial charge in [0.2, 0.25) is 0 Å². The van der Waals surface area contributed by atoms with Crippen molar-refractivity contribution in [2.24, 2.45) is 5.10 Å². The van der Waals surface area contributed by atoms with Gasteiger partial charge < -0.3 is 4.90 Å². The lowest BCUT2D eigenvalue weighted by molar-refractivity contribution is 0.0955. The van der Waals surface area contributed by atoms with Crippen molar-refractivity contribution in [1.82, 2.24) is 15.2 Å². The summed E-state index contributed by atoms with van der Waals surface area (Å²) in [6, 6.07) is 17.5. The fraction of sp³-hybridized carbons (Fsp3) is 0.227. The van der Waals surface area contributed by atoms with Crippen LogP contribution in [0.1, 0.15) is 35.3 Å². The summed E-state index contributed by atoms with van der Waals surface area (Å²) in [6.45, 7) is 6.84. The Hall–Kier alpha value is -3.41. The van der Waals surface area contributed by atoms with Crippen molar-refractivity contribution in [1.29, 1.82) is 0 Å². The van der Waals surface area contributed by atoms with E-state index < -0.39 is 0 Å². The minimum atomic E-state index is -0.238. The fourth-order valence-corrected chi connectivity index (χ4v) is 2.98. The number of carbonyl (C=O) groups excluding carboxylic acids is 1. The Kier molecular flexibility index (Phi) is 6.57. The third-order valence-corrected chi connectivity index (χ3v) is 4.49. The minimum Gasteiger partial charge on any atom is -0.372 e. The average molecular weight is 375 g/mol. The van der Waals surface area contributed by atoms with Gasteiger partial charge in [-0.1, -0.05) is 24.3 Å². The van der Waals surface area contributed by atoms with Crippen LogP contribution in [-0.4, -0.2) is 35.0 Å². The molecule has 1 aromatic heterocycles.